The third-order valence-corrected chi connectivity index (χ3v) is 4.39. The molecule has 0 aliphatic rings. The van der Waals surface area contributed by atoms with Crippen LogP contribution in [-0.4, -0.2) is 32.2 Å². The fraction of sp³-hybridized carbons (Fsp3) is 0.167. The quantitative estimate of drug-likeness (QED) is 0.532. The number of methoxy groups -OCH3 is 2. The van der Waals surface area contributed by atoms with Crippen LogP contribution in [0.15, 0.2) is 72.8 Å². The number of ether oxygens (including phenoxy) is 4. The van der Waals surface area contributed by atoms with Crippen LogP contribution in [0.25, 0.3) is 0 Å². The molecule has 0 saturated heterocycles. The Balaban J connectivity index is 1.61. The van der Waals surface area contributed by atoms with Gasteiger partial charge in [-0.05, 0) is 55.5 Å². The van der Waals surface area contributed by atoms with E-state index in [1.807, 2.05) is 30.3 Å². The zero-order valence-electron chi connectivity index (χ0n) is 17.5. The molecule has 0 aromatic heterocycles. The predicted molar refractivity (Wildman–Crippen MR) is 116 cm³/mol. The Hall–Kier alpha value is -4.00. The molecule has 0 aliphatic heterocycles. The Kier molecular flexibility index (Phi) is 7.11. The van der Waals surface area contributed by atoms with Crippen molar-refractivity contribution < 1.29 is 28.5 Å². The third-order valence-electron chi connectivity index (χ3n) is 4.39. The average molecular weight is 421 g/mol. The highest BCUT2D eigenvalue weighted by atomic mass is 16.6. The van der Waals surface area contributed by atoms with Crippen molar-refractivity contribution in [1.29, 1.82) is 0 Å². The van der Waals surface area contributed by atoms with Crippen molar-refractivity contribution in [1.82, 2.24) is 0 Å². The summed E-state index contributed by atoms with van der Waals surface area (Å²) in [4.78, 5) is 25.1. The number of hydrogen-bond donors (Lipinski definition) is 1. The molecule has 0 unspecified atom stereocenters. The topological polar surface area (TPSA) is 83.1 Å². The molecule has 3 aromatic carbocycles. The molecule has 31 heavy (non-hydrogen) atoms. The Bertz CT molecular complexity index is 1010. The largest absolute Gasteiger partial charge is 0.496 e. The van der Waals surface area contributed by atoms with Gasteiger partial charge in [-0.15, -0.1) is 0 Å². The minimum Gasteiger partial charge on any atom is -0.496 e. The first-order chi connectivity index (χ1) is 15.0. The van der Waals surface area contributed by atoms with Gasteiger partial charge in [0, 0.05) is 5.69 Å². The first-order valence-electron chi connectivity index (χ1n) is 9.57. The maximum absolute atomic E-state index is 12.6. The maximum atomic E-state index is 12.6. The standard InChI is InChI=1S/C24H23NO6/c1-16(30-24(27)22-20(28-2)10-7-11-21(22)29-3)23(26)25-17-12-14-19(15-13-17)31-18-8-5-4-6-9-18/h4-16H,1-3H3,(H,25,26)/t16-/m1/s1. The minimum atomic E-state index is -1.04. The minimum absolute atomic E-state index is 0.120. The van der Waals surface area contributed by atoms with Crippen molar-refractivity contribution in [3.05, 3.63) is 78.4 Å². The Morgan fingerprint density at radius 1 is 0.774 bits per heavy atom. The van der Waals surface area contributed by atoms with E-state index in [1.54, 1.807) is 42.5 Å². The molecule has 0 fully saturated rings. The van der Waals surface area contributed by atoms with Crippen molar-refractivity contribution in [2.75, 3.05) is 19.5 Å². The number of amides is 1. The number of esters is 1. The summed E-state index contributed by atoms with van der Waals surface area (Å²) in [5, 5.41) is 2.71. The van der Waals surface area contributed by atoms with Crippen LogP contribution in [0.4, 0.5) is 5.69 Å². The molecule has 7 nitrogen and oxygen atoms in total. The molecule has 0 radical (unpaired) electrons. The molecule has 3 aromatic rings. The van der Waals surface area contributed by atoms with Crippen molar-refractivity contribution in [3.8, 4) is 23.0 Å². The Labute approximate surface area is 180 Å². The molecule has 160 valence electrons. The number of hydrogen-bond acceptors (Lipinski definition) is 6. The molecule has 1 atom stereocenters. The highest BCUT2D eigenvalue weighted by Crippen LogP contribution is 2.29. The van der Waals surface area contributed by atoms with Gasteiger partial charge in [0.1, 0.15) is 28.6 Å². The van der Waals surface area contributed by atoms with Gasteiger partial charge in [0.15, 0.2) is 6.10 Å². The maximum Gasteiger partial charge on any atom is 0.346 e. The van der Waals surface area contributed by atoms with Crippen molar-refractivity contribution in [2.24, 2.45) is 0 Å². The van der Waals surface area contributed by atoms with Crippen LogP contribution in [0.2, 0.25) is 0 Å². The van der Waals surface area contributed by atoms with Crippen molar-refractivity contribution >= 4 is 17.6 Å². The van der Waals surface area contributed by atoms with E-state index in [4.69, 9.17) is 18.9 Å². The summed E-state index contributed by atoms with van der Waals surface area (Å²) in [5.74, 6) is 0.748. The van der Waals surface area contributed by atoms with E-state index < -0.39 is 18.0 Å². The molecular formula is C24H23NO6. The van der Waals surface area contributed by atoms with Gasteiger partial charge in [-0.1, -0.05) is 24.3 Å². The molecule has 0 heterocycles. The fourth-order valence-electron chi connectivity index (χ4n) is 2.80. The Morgan fingerprint density at radius 2 is 1.35 bits per heavy atom. The highest BCUT2D eigenvalue weighted by Gasteiger charge is 2.24. The lowest BCUT2D eigenvalue weighted by Gasteiger charge is -2.16. The van der Waals surface area contributed by atoms with Crippen LogP contribution in [0.3, 0.4) is 0 Å². The molecule has 7 heteroatoms. The van der Waals surface area contributed by atoms with E-state index in [0.717, 1.165) is 0 Å². The summed E-state index contributed by atoms with van der Waals surface area (Å²) < 4.78 is 21.5. The summed E-state index contributed by atoms with van der Waals surface area (Å²) in [5.41, 5.74) is 0.665. The number of benzene rings is 3. The number of rotatable bonds is 8. The van der Waals surface area contributed by atoms with Crippen molar-refractivity contribution in [3.63, 3.8) is 0 Å². The second-order valence-electron chi connectivity index (χ2n) is 6.51. The number of anilines is 1. The number of para-hydroxylation sites is 1. The van der Waals surface area contributed by atoms with Gasteiger partial charge >= 0.3 is 5.97 Å². The van der Waals surface area contributed by atoms with Gasteiger partial charge in [0.2, 0.25) is 0 Å². The molecule has 3 rings (SSSR count). The third kappa shape index (κ3) is 5.54. The number of carbonyl (C=O) groups excluding carboxylic acids is 2. The number of carbonyl (C=O) groups is 2. The monoisotopic (exact) mass is 421 g/mol. The van der Waals surface area contributed by atoms with Gasteiger partial charge in [0.05, 0.1) is 14.2 Å². The van der Waals surface area contributed by atoms with Crippen molar-refractivity contribution in [2.45, 2.75) is 13.0 Å². The first kappa shape index (κ1) is 21.7. The van der Waals surface area contributed by atoms with Crippen LogP contribution in [0.5, 0.6) is 23.0 Å². The molecular weight excluding hydrogens is 398 g/mol. The molecule has 0 saturated carbocycles. The lowest BCUT2D eigenvalue weighted by atomic mass is 10.1. The van der Waals surface area contributed by atoms with E-state index in [2.05, 4.69) is 5.32 Å². The molecule has 1 N–H and O–H groups in total. The summed E-state index contributed by atoms with van der Waals surface area (Å²) in [6.07, 6.45) is -1.04. The second kappa shape index (κ2) is 10.2. The molecule has 0 bridgehead atoms. The summed E-state index contributed by atoms with van der Waals surface area (Å²) in [6, 6.07) is 21.2. The van der Waals surface area contributed by atoms with Gasteiger partial charge in [-0.2, -0.15) is 0 Å². The Morgan fingerprint density at radius 3 is 1.94 bits per heavy atom. The van der Waals surface area contributed by atoms with E-state index in [9.17, 15) is 9.59 Å². The average Bonchev–Trinajstić information content (AvgIpc) is 2.80. The van der Waals surface area contributed by atoms with E-state index in [1.165, 1.54) is 21.1 Å². The zero-order chi connectivity index (χ0) is 22.2. The molecule has 1 amide bonds. The summed E-state index contributed by atoms with van der Waals surface area (Å²) in [6.45, 7) is 1.49. The highest BCUT2D eigenvalue weighted by molar-refractivity contribution is 5.99. The fourth-order valence-corrected chi connectivity index (χ4v) is 2.80. The summed E-state index contributed by atoms with van der Waals surface area (Å²) in [7, 11) is 2.87. The SMILES string of the molecule is COc1cccc(OC)c1C(=O)O[C@H](C)C(=O)Nc1ccc(Oc2ccccc2)cc1. The van der Waals surface area contributed by atoms with Gasteiger partial charge in [0.25, 0.3) is 5.91 Å². The van der Waals surface area contributed by atoms with E-state index in [-0.39, 0.29) is 5.56 Å². The second-order valence-corrected chi connectivity index (χ2v) is 6.51. The van der Waals surface area contributed by atoms with Crippen LogP contribution < -0.4 is 19.5 Å². The summed E-state index contributed by atoms with van der Waals surface area (Å²) >= 11 is 0. The molecule has 0 aliphatic carbocycles. The van der Waals surface area contributed by atoms with E-state index in [0.29, 0.717) is 28.7 Å². The lowest BCUT2D eigenvalue weighted by molar-refractivity contribution is -0.123. The smallest absolute Gasteiger partial charge is 0.346 e. The van der Waals surface area contributed by atoms with Crippen LogP contribution in [0, 0.1) is 0 Å². The van der Waals surface area contributed by atoms with Crippen LogP contribution in [0.1, 0.15) is 17.3 Å². The van der Waals surface area contributed by atoms with Gasteiger partial charge in [-0.25, -0.2) is 4.79 Å². The van der Waals surface area contributed by atoms with Gasteiger partial charge in [-0.3, -0.25) is 4.79 Å². The normalized spacial score (nSPS) is 11.2. The zero-order valence-corrected chi connectivity index (χ0v) is 17.5. The number of nitrogens with one attached hydrogen (secondary N) is 1. The van der Waals surface area contributed by atoms with Crippen LogP contribution >= 0.6 is 0 Å². The van der Waals surface area contributed by atoms with Crippen LogP contribution in [-0.2, 0) is 9.53 Å². The molecule has 0 spiro atoms. The lowest BCUT2D eigenvalue weighted by Crippen LogP contribution is -2.30. The predicted octanol–water partition coefficient (Wildman–Crippen LogP) is 4.68. The van der Waals surface area contributed by atoms with E-state index >= 15 is 0 Å². The first-order valence-corrected chi connectivity index (χ1v) is 9.57. The van der Waals surface area contributed by atoms with Gasteiger partial charge < -0.3 is 24.3 Å².